The highest BCUT2D eigenvalue weighted by Crippen LogP contribution is 2.56. The molecular weight excluding hydrogens is 617 g/mol. The fraction of sp³-hybridized carbons (Fsp3) is 0.0682. The van der Waals surface area contributed by atoms with Crippen molar-refractivity contribution in [1.82, 2.24) is 9.55 Å². The highest BCUT2D eigenvalue weighted by atomic mass is 31.2. The average Bonchev–Trinajstić information content (AvgIpc) is 3.62. The molecule has 0 saturated heterocycles. The molecule has 0 bridgehead atoms. The number of hydrogen-bond acceptors (Lipinski definition) is 3. The molecule has 5 heteroatoms. The zero-order valence-electron chi connectivity index (χ0n) is 27.2. The lowest BCUT2D eigenvalue weighted by Crippen LogP contribution is -2.31. The molecule has 0 saturated carbocycles. The molecule has 2 aliphatic heterocycles. The van der Waals surface area contributed by atoms with E-state index in [1.807, 2.05) is 30.3 Å². The van der Waals surface area contributed by atoms with E-state index in [1.54, 1.807) is 12.4 Å². The second kappa shape index (κ2) is 10.2. The van der Waals surface area contributed by atoms with Gasteiger partial charge in [-0.3, -0.25) is 4.98 Å². The minimum absolute atomic E-state index is 0.253. The molecule has 10 rings (SSSR count). The summed E-state index contributed by atoms with van der Waals surface area (Å²) in [5, 5.41) is 5.03. The van der Waals surface area contributed by atoms with Gasteiger partial charge in [0.2, 0.25) is 0 Å². The van der Waals surface area contributed by atoms with Crippen LogP contribution in [0.3, 0.4) is 0 Å². The van der Waals surface area contributed by atoms with Gasteiger partial charge in [0.05, 0.1) is 22.4 Å². The van der Waals surface area contributed by atoms with E-state index in [0.717, 1.165) is 49.8 Å². The van der Waals surface area contributed by atoms with Crippen molar-refractivity contribution in [3.8, 4) is 16.8 Å². The molecule has 1 atom stereocenters. The number of para-hydroxylation sites is 3. The van der Waals surface area contributed by atoms with Crippen molar-refractivity contribution >= 4 is 61.9 Å². The van der Waals surface area contributed by atoms with E-state index < -0.39 is 7.14 Å². The molecule has 0 N–H and O–H groups in total. The summed E-state index contributed by atoms with van der Waals surface area (Å²) in [5.74, 6) is 0. The second-order valence-corrected chi connectivity index (χ2v) is 16.3. The van der Waals surface area contributed by atoms with Gasteiger partial charge in [-0.2, -0.15) is 0 Å². The van der Waals surface area contributed by atoms with Crippen LogP contribution in [0.4, 0.5) is 17.1 Å². The van der Waals surface area contributed by atoms with Crippen LogP contribution in [0.15, 0.2) is 158 Å². The lowest BCUT2D eigenvalue weighted by atomic mass is 9.73. The quantitative estimate of drug-likeness (QED) is 0.179. The Morgan fingerprint density at radius 2 is 1.22 bits per heavy atom. The molecule has 49 heavy (non-hydrogen) atoms. The molecular formula is C44H32N3OP. The van der Waals surface area contributed by atoms with Gasteiger partial charge in [-0.25, -0.2) is 0 Å². The van der Waals surface area contributed by atoms with Crippen molar-refractivity contribution in [3.05, 3.63) is 169 Å². The first-order valence-electron chi connectivity index (χ1n) is 16.7. The maximum atomic E-state index is 15.1. The van der Waals surface area contributed by atoms with E-state index in [9.17, 15) is 0 Å². The van der Waals surface area contributed by atoms with Gasteiger partial charge in [0, 0.05) is 55.9 Å². The summed E-state index contributed by atoms with van der Waals surface area (Å²) in [5.41, 5.74) is 11.2. The van der Waals surface area contributed by atoms with Gasteiger partial charge >= 0.3 is 0 Å². The van der Waals surface area contributed by atoms with Gasteiger partial charge in [-0.05, 0) is 89.0 Å². The molecule has 0 radical (unpaired) electrons. The topological polar surface area (TPSA) is 38.1 Å². The zero-order valence-corrected chi connectivity index (χ0v) is 28.1. The summed E-state index contributed by atoms with van der Waals surface area (Å²) in [6.45, 7) is 4.67. The number of pyridine rings is 1. The fourth-order valence-electron chi connectivity index (χ4n) is 8.39. The first kappa shape index (κ1) is 28.3. The predicted octanol–water partition coefficient (Wildman–Crippen LogP) is 9.91. The number of fused-ring (bicyclic) bond motifs is 8. The van der Waals surface area contributed by atoms with E-state index in [1.165, 1.54) is 32.9 Å². The third-order valence-electron chi connectivity index (χ3n) is 10.7. The molecule has 4 heterocycles. The largest absolute Gasteiger partial charge is 0.310 e. The van der Waals surface area contributed by atoms with Crippen LogP contribution in [-0.2, 0) is 9.98 Å². The Labute approximate surface area is 285 Å². The van der Waals surface area contributed by atoms with Crippen molar-refractivity contribution in [1.29, 1.82) is 0 Å². The van der Waals surface area contributed by atoms with Gasteiger partial charge in [0.25, 0.3) is 0 Å². The minimum Gasteiger partial charge on any atom is -0.310 e. The van der Waals surface area contributed by atoms with Crippen LogP contribution in [0.2, 0.25) is 0 Å². The van der Waals surface area contributed by atoms with E-state index in [-0.39, 0.29) is 5.41 Å². The maximum Gasteiger partial charge on any atom is 0.173 e. The first-order chi connectivity index (χ1) is 24.0. The standard InChI is InChI=1S/C44H32N3OP/c1-44(2)36-16-6-9-19-40(36)47(29-22-24-43-35(26-29)34-15-5-10-20-42(34)49(43,48)31-12-11-25-45-28-31)41-23-21-30(27-37(41)44)46-38-17-7-3-13-32(38)33-14-4-8-18-39(33)46/h3-28H,1-2H3. The number of nitrogens with zero attached hydrogens (tertiary/aromatic N) is 3. The van der Waals surface area contributed by atoms with Crippen LogP contribution in [0.1, 0.15) is 25.0 Å². The normalized spacial score (nSPS) is 17.1. The Balaban J connectivity index is 1.20. The Hall–Kier alpha value is -5.70. The van der Waals surface area contributed by atoms with Gasteiger partial charge in [-0.1, -0.05) is 92.7 Å². The molecule has 2 aromatic heterocycles. The van der Waals surface area contributed by atoms with Crippen LogP contribution >= 0.6 is 7.14 Å². The predicted molar refractivity (Wildman–Crippen MR) is 204 cm³/mol. The Kier molecular flexibility index (Phi) is 5.87. The smallest absolute Gasteiger partial charge is 0.173 e. The third-order valence-corrected chi connectivity index (χ3v) is 13.8. The minimum atomic E-state index is -3.07. The zero-order chi connectivity index (χ0) is 32.9. The molecule has 0 amide bonds. The van der Waals surface area contributed by atoms with E-state index in [0.29, 0.717) is 0 Å². The molecule has 2 aliphatic rings. The summed E-state index contributed by atoms with van der Waals surface area (Å²) >= 11 is 0. The Morgan fingerprint density at radius 1 is 0.571 bits per heavy atom. The first-order valence-corrected chi connectivity index (χ1v) is 18.4. The van der Waals surface area contributed by atoms with E-state index in [4.69, 9.17) is 0 Å². The summed E-state index contributed by atoms with van der Waals surface area (Å²) in [4.78, 5) is 6.74. The van der Waals surface area contributed by atoms with Crippen molar-refractivity contribution in [2.24, 2.45) is 0 Å². The lowest BCUT2D eigenvalue weighted by molar-refractivity contribution is 0.593. The summed E-state index contributed by atoms with van der Waals surface area (Å²) < 4.78 is 17.5. The summed E-state index contributed by atoms with van der Waals surface area (Å²) in [6.07, 6.45) is 3.50. The van der Waals surface area contributed by atoms with Crippen molar-refractivity contribution in [2.45, 2.75) is 19.3 Å². The Morgan fingerprint density at radius 3 is 2.00 bits per heavy atom. The molecule has 0 aliphatic carbocycles. The lowest BCUT2D eigenvalue weighted by Gasteiger charge is -2.42. The molecule has 4 nitrogen and oxygen atoms in total. The van der Waals surface area contributed by atoms with Gasteiger partial charge in [-0.15, -0.1) is 0 Å². The fourth-order valence-corrected chi connectivity index (χ4v) is 11.4. The van der Waals surface area contributed by atoms with Crippen molar-refractivity contribution in [2.75, 3.05) is 4.90 Å². The van der Waals surface area contributed by atoms with Gasteiger partial charge < -0.3 is 14.0 Å². The third kappa shape index (κ3) is 3.81. The number of rotatable bonds is 3. The van der Waals surface area contributed by atoms with E-state index >= 15 is 4.57 Å². The number of benzene rings is 6. The molecule has 1 unspecified atom stereocenters. The molecule has 0 spiro atoms. The number of hydrogen-bond donors (Lipinski definition) is 0. The highest BCUT2D eigenvalue weighted by Gasteiger charge is 2.42. The highest BCUT2D eigenvalue weighted by molar-refractivity contribution is 7.86. The van der Waals surface area contributed by atoms with Crippen molar-refractivity contribution < 1.29 is 4.57 Å². The number of anilines is 3. The molecule has 8 aromatic rings. The second-order valence-electron chi connectivity index (χ2n) is 13.6. The van der Waals surface area contributed by atoms with Crippen LogP contribution in [0.5, 0.6) is 0 Å². The number of aromatic nitrogens is 2. The van der Waals surface area contributed by atoms with E-state index in [2.05, 4.69) is 144 Å². The van der Waals surface area contributed by atoms with Crippen LogP contribution in [0, 0.1) is 0 Å². The molecule has 6 aromatic carbocycles. The molecule has 234 valence electrons. The molecule has 0 fully saturated rings. The maximum absolute atomic E-state index is 15.1. The van der Waals surface area contributed by atoms with Crippen LogP contribution in [-0.4, -0.2) is 9.55 Å². The van der Waals surface area contributed by atoms with Crippen molar-refractivity contribution in [3.63, 3.8) is 0 Å². The van der Waals surface area contributed by atoms with Gasteiger partial charge in [0.1, 0.15) is 0 Å². The Bertz CT molecular complexity index is 2640. The van der Waals surface area contributed by atoms with Crippen LogP contribution < -0.4 is 20.8 Å². The average molecular weight is 650 g/mol. The SMILES string of the molecule is CC1(C)c2ccccc2N(c2ccc3c(c2)-c2ccccc2P3(=O)c2cccnc2)c2ccc(-n3c4ccccc4c4ccccc43)cc21. The summed E-state index contributed by atoms with van der Waals surface area (Å²) in [7, 11) is -3.07. The monoisotopic (exact) mass is 649 g/mol. The summed E-state index contributed by atoms with van der Waals surface area (Å²) in [6, 6.07) is 51.5. The van der Waals surface area contributed by atoms with Crippen LogP contribution in [0.25, 0.3) is 38.6 Å². The van der Waals surface area contributed by atoms with Gasteiger partial charge in [0.15, 0.2) is 7.14 Å².